The molecule has 3 fully saturated rings. The summed E-state index contributed by atoms with van der Waals surface area (Å²) in [6.45, 7) is 1.66. The van der Waals surface area contributed by atoms with E-state index in [9.17, 15) is 61.0 Å². The first-order valence-electron chi connectivity index (χ1n) is 27.6. The molecule has 0 saturated carbocycles. The summed E-state index contributed by atoms with van der Waals surface area (Å²) < 4.78 is 34.1. The monoisotopic (exact) mass is 1040 g/mol. The Morgan fingerprint density at radius 3 is 1.35 bits per heavy atom. The quantitative estimate of drug-likeness (QED) is 0.0311. The number of amides is 1. The summed E-state index contributed by atoms with van der Waals surface area (Å²) in [4.78, 5) is 13.2. The molecule has 3 rings (SSSR count). The summed E-state index contributed by atoms with van der Waals surface area (Å²) in [5.41, 5.74) is 0. The Balaban J connectivity index is 1.52. The van der Waals surface area contributed by atoms with Crippen molar-refractivity contribution in [1.82, 2.24) is 5.32 Å². The zero-order valence-corrected chi connectivity index (χ0v) is 43.4. The SMILES string of the molecule is CCCCCCCC/C=C\CCCCCCCCCC(=O)NC(COC1OC(CO)C(OC2OC(CO)C(OC3OC(CO)C(O)C(O)C3O)C(O)C2O)C(O)C1O)C(O)/C=C/CCCCCCCCCC. The van der Waals surface area contributed by atoms with Crippen molar-refractivity contribution in [3.05, 3.63) is 24.3 Å². The second kappa shape index (κ2) is 37.9. The van der Waals surface area contributed by atoms with Crippen molar-refractivity contribution in [2.45, 2.75) is 279 Å². The minimum atomic E-state index is -1.98. The molecule has 422 valence electrons. The molecule has 0 aromatic carbocycles. The topological polar surface area (TPSA) is 307 Å². The number of carbonyl (C=O) groups excluding carboxylic acids is 1. The second-order valence-corrected chi connectivity index (χ2v) is 20.0. The predicted octanol–water partition coefficient (Wildman–Crippen LogP) is 3.20. The highest BCUT2D eigenvalue weighted by atomic mass is 16.8. The number of unbranched alkanes of at least 4 members (excludes halogenated alkanes) is 21. The van der Waals surface area contributed by atoms with Gasteiger partial charge in [-0.3, -0.25) is 4.79 Å². The zero-order valence-electron chi connectivity index (χ0n) is 43.4. The molecule has 17 atom stereocenters. The van der Waals surface area contributed by atoms with Gasteiger partial charge in [-0.25, -0.2) is 0 Å². The van der Waals surface area contributed by atoms with E-state index in [1.54, 1.807) is 6.08 Å². The van der Waals surface area contributed by atoms with Gasteiger partial charge >= 0.3 is 0 Å². The van der Waals surface area contributed by atoms with Gasteiger partial charge in [-0.2, -0.15) is 0 Å². The highest BCUT2D eigenvalue weighted by Crippen LogP contribution is 2.33. The summed E-state index contributed by atoms with van der Waals surface area (Å²) in [6, 6.07) is -0.970. The van der Waals surface area contributed by atoms with E-state index >= 15 is 0 Å². The summed E-state index contributed by atoms with van der Waals surface area (Å²) >= 11 is 0. The molecule has 12 N–H and O–H groups in total. The molecule has 0 spiro atoms. The Morgan fingerprint density at radius 2 is 0.875 bits per heavy atom. The van der Waals surface area contributed by atoms with Gasteiger partial charge in [0.1, 0.15) is 73.2 Å². The van der Waals surface area contributed by atoms with E-state index < -0.39 is 124 Å². The minimum absolute atomic E-state index is 0.239. The molecule has 3 aliphatic heterocycles. The maximum atomic E-state index is 13.2. The lowest BCUT2D eigenvalue weighted by atomic mass is 9.96. The third-order valence-corrected chi connectivity index (χ3v) is 14.0. The van der Waals surface area contributed by atoms with E-state index in [1.807, 2.05) is 6.08 Å². The van der Waals surface area contributed by atoms with Crippen molar-refractivity contribution in [2.24, 2.45) is 0 Å². The molecule has 19 heteroatoms. The van der Waals surface area contributed by atoms with Crippen LogP contribution in [0.2, 0.25) is 0 Å². The second-order valence-electron chi connectivity index (χ2n) is 20.0. The molecule has 17 unspecified atom stereocenters. The molecule has 0 aromatic heterocycles. The number of carbonyl (C=O) groups is 1. The first kappa shape index (κ1) is 64.6. The molecule has 0 aromatic rings. The fourth-order valence-corrected chi connectivity index (χ4v) is 9.36. The fraction of sp³-hybridized carbons (Fsp3) is 0.906. The van der Waals surface area contributed by atoms with Crippen molar-refractivity contribution < 1.29 is 89.4 Å². The number of rotatable bonds is 39. The Bertz CT molecular complexity index is 1430. The predicted molar refractivity (Wildman–Crippen MR) is 268 cm³/mol. The van der Waals surface area contributed by atoms with Crippen LogP contribution in [-0.4, -0.2) is 193 Å². The van der Waals surface area contributed by atoms with Crippen LogP contribution in [0.4, 0.5) is 0 Å². The zero-order chi connectivity index (χ0) is 52.7. The van der Waals surface area contributed by atoms with Crippen LogP contribution in [0.1, 0.15) is 174 Å². The van der Waals surface area contributed by atoms with Crippen molar-refractivity contribution >= 4 is 5.91 Å². The van der Waals surface area contributed by atoms with Gasteiger partial charge in [0.05, 0.1) is 38.6 Å². The van der Waals surface area contributed by atoms with E-state index in [1.165, 1.54) is 89.9 Å². The van der Waals surface area contributed by atoms with Gasteiger partial charge in [0.2, 0.25) is 5.91 Å². The minimum Gasteiger partial charge on any atom is -0.394 e. The molecule has 19 nitrogen and oxygen atoms in total. The van der Waals surface area contributed by atoms with E-state index in [4.69, 9.17) is 28.4 Å². The van der Waals surface area contributed by atoms with Crippen LogP contribution >= 0.6 is 0 Å². The lowest BCUT2D eigenvalue weighted by Crippen LogP contribution is -2.66. The Kier molecular flexibility index (Phi) is 34.0. The van der Waals surface area contributed by atoms with Crippen molar-refractivity contribution in [3.8, 4) is 0 Å². The highest BCUT2D eigenvalue weighted by Gasteiger charge is 2.53. The third-order valence-electron chi connectivity index (χ3n) is 14.0. The Morgan fingerprint density at radius 1 is 0.486 bits per heavy atom. The molecule has 3 heterocycles. The van der Waals surface area contributed by atoms with Crippen LogP contribution in [0.25, 0.3) is 0 Å². The van der Waals surface area contributed by atoms with Gasteiger partial charge in [0, 0.05) is 6.42 Å². The van der Waals surface area contributed by atoms with Gasteiger partial charge in [-0.05, 0) is 44.9 Å². The van der Waals surface area contributed by atoms with E-state index in [0.717, 1.165) is 57.8 Å². The van der Waals surface area contributed by atoms with Crippen LogP contribution in [-0.2, 0) is 33.2 Å². The van der Waals surface area contributed by atoms with Crippen molar-refractivity contribution in [2.75, 3.05) is 26.4 Å². The normalized spacial score (nSPS) is 32.2. The van der Waals surface area contributed by atoms with E-state index in [2.05, 4.69) is 31.3 Å². The lowest BCUT2D eigenvalue weighted by molar-refractivity contribution is -0.379. The first-order chi connectivity index (χ1) is 34.8. The molecular weight excluding hydrogens is 939 g/mol. The largest absolute Gasteiger partial charge is 0.394 e. The molecule has 0 aliphatic carbocycles. The fourth-order valence-electron chi connectivity index (χ4n) is 9.36. The van der Waals surface area contributed by atoms with Gasteiger partial charge in [0.25, 0.3) is 0 Å². The van der Waals surface area contributed by atoms with Crippen LogP contribution < -0.4 is 5.32 Å². The van der Waals surface area contributed by atoms with E-state index in [-0.39, 0.29) is 18.9 Å². The average molecular weight is 1040 g/mol. The smallest absolute Gasteiger partial charge is 0.220 e. The number of aliphatic hydroxyl groups is 11. The summed E-state index contributed by atoms with van der Waals surface area (Å²) in [6.07, 6.45) is 8.93. The maximum Gasteiger partial charge on any atom is 0.220 e. The summed E-state index contributed by atoms with van der Waals surface area (Å²) in [5.74, 6) is -0.283. The Hall–Kier alpha value is -1.73. The average Bonchev–Trinajstić information content (AvgIpc) is 3.37. The molecular formula is C53H97NO18. The first-order valence-corrected chi connectivity index (χ1v) is 27.6. The molecule has 3 saturated heterocycles. The molecule has 72 heavy (non-hydrogen) atoms. The van der Waals surface area contributed by atoms with Gasteiger partial charge < -0.3 is 89.9 Å². The molecule has 1 amide bonds. The molecule has 0 radical (unpaired) electrons. The van der Waals surface area contributed by atoms with Crippen molar-refractivity contribution in [1.29, 1.82) is 0 Å². The number of allylic oxidation sites excluding steroid dienone is 3. The third kappa shape index (κ3) is 22.9. The number of aliphatic hydroxyl groups excluding tert-OH is 11. The van der Waals surface area contributed by atoms with Crippen LogP contribution in [0.15, 0.2) is 24.3 Å². The van der Waals surface area contributed by atoms with Crippen LogP contribution in [0.3, 0.4) is 0 Å². The molecule has 3 aliphatic rings. The van der Waals surface area contributed by atoms with Crippen LogP contribution in [0, 0.1) is 0 Å². The number of hydrogen-bond acceptors (Lipinski definition) is 18. The van der Waals surface area contributed by atoms with Gasteiger partial charge in [0.15, 0.2) is 18.9 Å². The number of nitrogens with one attached hydrogen (secondary N) is 1. The standard InChI is InChI=1S/C53H97NO18/c1-3-5-7-9-11-13-15-16-17-18-19-20-21-23-25-27-29-31-41(59)54-36(37(58)30-28-26-24-22-14-12-10-8-6-4-2)35-67-51-47(65)44(62)49(39(33-56)69-51)72-53-48(66)45(63)50(40(34-57)70-53)71-52-46(64)43(61)42(60)38(32-55)68-52/h16-17,28,30,36-40,42-53,55-58,60-66H,3-15,18-27,29,31-35H2,1-2H3,(H,54,59)/b17-16-,30-28+. The highest BCUT2D eigenvalue weighted by molar-refractivity contribution is 5.76. The number of hydrogen-bond donors (Lipinski definition) is 12. The van der Waals surface area contributed by atoms with Crippen LogP contribution in [0.5, 0.6) is 0 Å². The maximum absolute atomic E-state index is 13.2. The van der Waals surface area contributed by atoms with Gasteiger partial charge in [-0.15, -0.1) is 0 Å². The number of ether oxygens (including phenoxy) is 6. The van der Waals surface area contributed by atoms with E-state index in [0.29, 0.717) is 6.42 Å². The molecule has 0 bridgehead atoms. The summed E-state index contributed by atoms with van der Waals surface area (Å²) in [5, 5.41) is 120. The summed E-state index contributed by atoms with van der Waals surface area (Å²) in [7, 11) is 0. The Labute approximate surface area is 428 Å². The lowest BCUT2D eigenvalue weighted by Gasteiger charge is -2.48. The van der Waals surface area contributed by atoms with Crippen molar-refractivity contribution in [3.63, 3.8) is 0 Å². The van der Waals surface area contributed by atoms with Gasteiger partial charge in [-0.1, -0.05) is 147 Å².